The van der Waals surface area contributed by atoms with Crippen molar-refractivity contribution in [2.45, 2.75) is 46.6 Å². The molecule has 1 atom stereocenters. The molecular weight excluding hydrogens is 390 g/mol. The van der Waals surface area contributed by atoms with Gasteiger partial charge in [-0.15, -0.1) is 0 Å². The fourth-order valence-electron chi connectivity index (χ4n) is 3.30. The molecule has 0 spiro atoms. The van der Waals surface area contributed by atoms with Gasteiger partial charge in [0.1, 0.15) is 5.75 Å². The molecule has 0 saturated heterocycles. The highest BCUT2D eigenvalue weighted by Gasteiger charge is 2.17. The largest absolute Gasteiger partial charge is 0.481 e. The van der Waals surface area contributed by atoms with Crippen LogP contribution in [0.3, 0.4) is 0 Å². The lowest BCUT2D eigenvalue weighted by Gasteiger charge is -2.18. The number of para-hydroxylation sites is 1. The Morgan fingerprint density at radius 1 is 0.871 bits per heavy atom. The van der Waals surface area contributed by atoms with E-state index in [1.54, 1.807) is 35.9 Å². The number of aromatic nitrogens is 1. The molecule has 0 aliphatic carbocycles. The van der Waals surface area contributed by atoms with Gasteiger partial charge in [-0.25, -0.2) is 0 Å². The molecule has 0 unspecified atom stereocenters. The van der Waals surface area contributed by atoms with Crippen molar-refractivity contribution in [1.82, 2.24) is 4.68 Å². The van der Waals surface area contributed by atoms with Gasteiger partial charge in [0.15, 0.2) is 6.10 Å². The number of hydrogen-bond acceptors (Lipinski definition) is 3. The second kappa shape index (κ2) is 9.51. The summed E-state index contributed by atoms with van der Waals surface area (Å²) in [7, 11) is 0. The van der Waals surface area contributed by atoms with Crippen molar-refractivity contribution in [3.8, 4) is 5.75 Å². The van der Waals surface area contributed by atoms with Crippen molar-refractivity contribution in [3.63, 3.8) is 0 Å². The van der Waals surface area contributed by atoms with E-state index in [4.69, 9.17) is 4.74 Å². The molecule has 3 aromatic rings. The third-order valence-electron chi connectivity index (χ3n) is 5.12. The number of carbonyl (C=O) groups excluding carboxylic acids is 2. The quantitative estimate of drug-likeness (QED) is 0.565. The fraction of sp³-hybridized carbons (Fsp3) is 0.280. The van der Waals surface area contributed by atoms with E-state index in [2.05, 4.69) is 24.6 Å². The van der Waals surface area contributed by atoms with E-state index in [1.165, 1.54) is 0 Å². The van der Waals surface area contributed by atoms with Crippen molar-refractivity contribution in [3.05, 3.63) is 83.2 Å². The van der Waals surface area contributed by atoms with Crippen LogP contribution >= 0.6 is 0 Å². The van der Waals surface area contributed by atoms with Gasteiger partial charge in [-0.3, -0.25) is 19.7 Å². The Kier molecular flexibility index (Phi) is 6.80. The summed E-state index contributed by atoms with van der Waals surface area (Å²) in [4.78, 5) is 25.1. The lowest BCUT2D eigenvalue weighted by atomic mass is 10.0. The Morgan fingerprint density at radius 2 is 1.48 bits per heavy atom. The van der Waals surface area contributed by atoms with E-state index < -0.39 is 6.10 Å². The third-order valence-corrected chi connectivity index (χ3v) is 5.12. The van der Waals surface area contributed by atoms with Crippen LogP contribution in [-0.2, 0) is 4.79 Å². The molecule has 162 valence electrons. The summed E-state index contributed by atoms with van der Waals surface area (Å²) < 4.78 is 7.52. The minimum absolute atomic E-state index is 0.218. The molecule has 0 saturated carbocycles. The van der Waals surface area contributed by atoms with Crippen LogP contribution in [0.1, 0.15) is 54.0 Å². The first kappa shape index (κ1) is 22.2. The second-order valence-electron chi connectivity index (χ2n) is 7.91. The lowest BCUT2D eigenvalue weighted by molar-refractivity contribution is -0.122. The molecule has 2 aromatic carbocycles. The zero-order valence-corrected chi connectivity index (χ0v) is 18.6. The summed E-state index contributed by atoms with van der Waals surface area (Å²) in [5.41, 5.74) is 7.14. The smallest absolute Gasteiger partial charge is 0.270 e. The third kappa shape index (κ3) is 5.34. The van der Waals surface area contributed by atoms with Gasteiger partial charge in [-0.05, 0) is 74.7 Å². The van der Waals surface area contributed by atoms with Gasteiger partial charge in [0, 0.05) is 22.6 Å². The molecule has 2 amide bonds. The first-order valence-corrected chi connectivity index (χ1v) is 10.4. The molecule has 0 fully saturated rings. The van der Waals surface area contributed by atoms with Gasteiger partial charge in [0.25, 0.3) is 11.8 Å². The molecule has 0 radical (unpaired) electrons. The number of anilines is 1. The number of aryl methyl sites for hydroxylation is 2. The highest BCUT2D eigenvalue weighted by Crippen LogP contribution is 2.24. The van der Waals surface area contributed by atoms with Gasteiger partial charge in [-0.1, -0.05) is 32.0 Å². The zero-order valence-electron chi connectivity index (χ0n) is 18.6. The number of nitrogens with zero attached hydrogens (tertiary/aromatic N) is 1. The van der Waals surface area contributed by atoms with Crippen molar-refractivity contribution in [2.24, 2.45) is 0 Å². The Morgan fingerprint density at radius 3 is 2.10 bits per heavy atom. The number of nitrogens with one attached hydrogen (secondary N) is 2. The monoisotopic (exact) mass is 419 g/mol. The fourth-order valence-corrected chi connectivity index (χ4v) is 3.30. The van der Waals surface area contributed by atoms with Crippen LogP contribution in [0.15, 0.2) is 60.7 Å². The molecule has 6 heteroatoms. The van der Waals surface area contributed by atoms with E-state index >= 15 is 0 Å². The van der Waals surface area contributed by atoms with Crippen molar-refractivity contribution in [2.75, 3.05) is 10.7 Å². The van der Waals surface area contributed by atoms with Gasteiger partial charge in [0.2, 0.25) is 0 Å². The summed E-state index contributed by atoms with van der Waals surface area (Å²) in [6, 6.07) is 18.4. The molecule has 1 heterocycles. The molecule has 3 rings (SSSR count). The standard InChI is InChI=1S/C25H29N3O3/c1-16(2)22-8-6-7-9-23(22)26-24(29)19(5)31-21-14-12-20(13-15-21)25(30)27-28-17(3)10-11-18(28)4/h6-16,19H,1-5H3,(H,26,29)(H,27,30)/t19-/m0/s1. The van der Waals surface area contributed by atoms with Crippen LogP contribution in [0, 0.1) is 13.8 Å². The van der Waals surface area contributed by atoms with Crippen molar-refractivity contribution >= 4 is 17.5 Å². The van der Waals surface area contributed by atoms with Crippen LogP contribution in [0.2, 0.25) is 0 Å². The van der Waals surface area contributed by atoms with Gasteiger partial charge in [0.05, 0.1) is 0 Å². The summed E-state index contributed by atoms with van der Waals surface area (Å²) in [5, 5.41) is 2.95. The topological polar surface area (TPSA) is 72.4 Å². The number of hydrogen-bond donors (Lipinski definition) is 2. The molecule has 0 aliphatic heterocycles. The summed E-state index contributed by atoms with van der Waals surface area (Å²) in [6.45, 7) is 9.72. The van der Waals surface area contributed by atoms with Gasteiger partial charge in [-0.2, -0.15) is 0 Å². The van der Waals surface area contributed by atoms with E-state index in [-0.39, 0.29) is 11.8 Å². The van der Waals surface area contributed by atoms with Crippen LogP contribution in [-0.4, -0.2) is 22.6 Å². The van der Waals surface area contributed by atoms with E-state index in [9.17, 15) is 9.59 Å². The molecular formula is C25H29N3O3. The summed E-state index contributed by atoms with van der Waals surface area (Å²) in [5.74, 6) is 0.369. The first-order chi connectivity index (χ1) is 14.8. The van der Waals surface area contributed by atoms with Crippen LogP contribution < -0.4 is 15.5 Å². The number of amides is 2. The predicted octanol–water partition coefficient (Wildman–Crippen LogP) is 5.02. The Balaban J connectivity index is 1.61. The maximum atomic E-state index is 12.6. The minimum atomic E-state index is -0.690. The SMILES string of the molecule is Cc1ccc(C)n1NC(=O)c1ccc(O[C@@H](C)C(=O)Nc2ccccc2C(C)C)cc1. The highest BCUT2D eigenvalue weighted by atomic mass is 16.5. The van der Waals surface area contributed by atoms with Gasteiger partial charge < -0.3 is 10.1 Å². The van der Waals surface area contributed by atoms with E-state index in [0.29, 0.717) is 17.2 Å². The van der Waals surface area contributed by atoms with Crippen LogP contribution in [0.4, 0.5) is 5.69 Å². The minimum Gasteiger partial charge on any atom is -0.481 e. The summed E-state index contributed by atoms with van der Waals surface area (Å²) in [6.07, 6.45) is -0.690. The maximum Gasteiger partial charge on any atom is 0.270 e. The molecule has 6 nitrogen and oxygen atoms in total. The molecule has 31 heavy (non-hydrogen) atoms. The second-order valence-corrected chi connectivity index (χ2v) is 7.91. The lowest BCUT2D eigenvalue weighted by Crippen LogP contribution is -2.30. The summed E-state index contributed by atoms with van der Waals surface area (Å²) >= 11 is 0. The van der Waals surface area contributed by atoms with E-state index in [1.807, 2.05) is 50.2 Å². The molecule has 1 aromatic heterocycles. The zero-order chi connectivity index (χ0) is 22.5. The van der Waals surface area contributed by atoms with Gasteiger partial charge >= 0.3 is 0 Å². The Labute approximate surface area is 183 Å². The van der Waals surface area contributed by atoms with Crippen molar-refractivity contribution < 1.29 is 14.3 Å². The predicted molar refractivity (Wildman–Crippen MR) is 123 cm³/mol. The van der Waals surface area contributed by atoms with E-state index in [0.717, 1.165) is 22.6 Å². The average molecular weight is 420 g/mol. The molecule has 2 N–H and O–H groups in total. The Bertz CT molecular complexity index is 1050. The number of carbonyl (C=O) groups is 2. The number of rotatable bonds is 7. The number of benzene rings is 2. The van der Waals surface area contributed by atoms with Crippen LogP contribution in [0.25, 0.3) is 0 Å². The highest BCUT2D eigenvalue weighted by molar-refractivity contribution is 6.00. The normalized spacial score (nSPS) is 11.8. The number of ether oxygens (including phenoxy) is 1. The van der Waals surface area contributed by atoms with Crippen LogP contribution in [0.5, 0.6) is 5.75 Å². The maximum absolute atomic E-state index is 12.6. The first-order valence-electron chi connectivity index (χ1n) is 10.4. The molecule has 0 aliphatic rings. The molecule has 0 bridgehead atoms. The van der Waals surface area contributed by atoms with Crippen molar-refractivity contribution in [1.29, 1.82) is 0 Å². The Hall–Kier alpha value is -3.54. The average Bonchev–Trinajstić information content (AvgIpc) is 3.06.